The Balaban J connectivity index is 2.35. The maximum absolute atomic E-state index is 12.6. The van der Waals surface area contributed by atoms with Crippen LogP contribution in [0.1, 0.15) is 23.8 Å². The third-order valence-electron chi connectivity index (χ3n) is 2.90. The molecule has 0 bridgehead atoms. The van der Waals surface area contributed by atoms with Crippen LogP contribution in [0.15, 0.2) is 9.72 Å². The van der Waals surface area contributed by atoms with Gasteiger partial charge in [0.15, 0.2) is 9.90 Å². The highest BCUT2D eigenvalue weighted by atomic mass is 32.2. The molecule has 1 atom stereocenters. The van der Waals surface area contributed by atoms with E-state index in [1.807, 2.05) is 6.92 Å². The highest BCUT2D eigenvalue weighted by Gasteiger charge is 2.33. The summed E-state index contributed by atoms with van der Waals surface area (Å²) in [4.78, 5) is 15.4. The van der Waals surface area contributed by atoms with Crippen molar-refractivity contribution in [3.8, 4) is 0 Å². The van der Waals surface area contributed by atoms with E-state index in [1.165, 1.54) is 16.9 Å². The quantitative estimate of drug-likeness (QED) is 0.763. The molecule has 0 aromatic carbocycles. The second-order valence-corrected chi connectivity index (χ2v) is 7.37. The molecule has 1 aliphatic rings. The predicted octanol–water partition coefficient (Wildman–Crippen LogP) is 0.729. The van der Waals surface area contributed by atoms with Gasteiger partial charge in [-0.1, -0.05) is 0 Å². The summed E-state index contributed by atoms with van der Waals surface area (Å²) in [5, 5.41) is 0. The summed E-state index contributed by atoms with van der Waals surface area (Å²) in [6.45, 7) is 2.98. The SMILES string of the molecule is COC(=O)c1ncsc1S(=O)(=O)N1CCCOC(C)C1. The number of sulfonamides is 1. The number of esters is 1. The van der Waals surface area contributed by atoms with Crippen LogP contribution >= 0.6 is 11.3 Å². The Labute approximate surface area is 121 Å². The van der Waals surface area contributed by atoms with Crippen LogP contribution in [0, 0.1) is 0 Å². The fourth-order valence-electron chi connectivity index (χ4n) is 1.94. The number of rotatable bonds is 3. The average Bonchev–Trinajstić information content (AvgIpc) is 2.81. The Morgan fingerprint density at radius 2 is 2.35 bits per heavy atom. The van der Waals surface area contributed by atoms with Gasteiger partial charge >= 0.3 is 5.97 Å². The fourth-order valence-corrected chi connectivity index (χ4v) is 4.77. The topological polar surface area (TPSA) is 85.8 Å². The number of thiazole rings is 1. The molecule has 0 radical (unpaired) electrons. The van der Waals surface area contributed by atoms with Gasteiger partial charge in [-0.05, 0) is 13.3 Å². The van der Waals surface area contributed by atoms with Crippen LogP contribution < -0.4 is 0 Å². The minimum atomic E-state index is -3.75. The molecule has 2 heterocycles. The van der Waals surface area contributed by atoms with E-state index in [1.54, 1.807) is 0 Å². The van der Waals surface area contributed by atoms with Crippen molar-refractivity contribution >= 4 is 27.3 Å². The smallest absolute Gasteiger partial charge is 0.358 e. The molecule has 9 heteroatoms. The Kier molecular flexibility index (Phi) is 4.74. The predicted molar refractivity (Wildman–Crippen MR) is 72.2 cm³/mol. The summed E-state index contributed by atoms with van der Waals surface area (Å²) in [5.74, 6) is -0.746. The summed E-state index contributed by atoms with van der Waals surface area (Å²) >= 11 is 0.919. The molecule has 0 saturated carbocycles. The van der Waals surface area contributed by atoms with Gasteiger partial charge in [0.1, 0.15) is 0 Å². The lowest BCUT2D eigenvalue weighted by Crippen LogP contribution is -2.36. The number of hydrogen-bond donors (Lipinski definition) is 0. The van der Waals surface area contributed by atoms with Crippen LogP contribution in [0.5, 0.6) is 0 Å². The third kappa shape index (κ3) is 3.00. The molecule has 7 nitrogen and oxygen atoms in total. The van der Waals surface area contributed by atoms with Gasteiger partial charge in [0.25, 0.3) is 10.0 Å². The van der Waals surface area contributed by atoms with Crippen molar-refractivity contribution in [2.45, 2.75) is 23.7 Å². The molecule has 1 aromatic heterocycles. The lowest BCUT2D eigenvalue weighted by Gasteiger charge is -2.20. The van der Waals surface area contributed by atoms with Gasteiger partial charge in [-0.15, -0.1) is 11.3 Å². The highest BCUT2D eigenvalue weighted by Crippen LogP contribution is 2.26. The average molecular weight is 320 g/mol. The maximum atomic E-state index is 12.6. The van der Waals surface area contributed by atoms with Gasteiger partial charge in [-0.3, -0.25) is 0 Å². The molecule has 0 amide bonds. The Morgan fingerprint density at radius 3 is 3.05 bits per heavy atom. The van der Waals surface area contributed by atoms with Gasteiger partial charge in [0, 0.05) is 19.7 Å². The van der Waals surface area contributed by atoms with Gasteiger partial charge in [0.05, 0.1) is 18.7 Å². The second-order valence-electron chi connectivity index (χ2n) is 4.38. The summed E-state index contributed by atoms with van der Waals surface area (Å²) < 4.78 is 36.5. The molecule has 2 rings (SSSR count). The van der Waals surface area contributed by atoms with Crippen molar-refractivity contribution in [1.29, 1.82) is 0 Å². The molecule has 1 unspecified atom stereocenters. The van der Waals surface area contributed by atoms with E-state index in [0.717, 1.165) is 11.3 Å². The van der Waals surface area contributed by atoms with E-state index in [0.29, 0.717) is 19.6 Å². The molecule has 0 spiro atoms. The molecular weight excluding hydrogens is 304 g/mol. The number of ether oxygens (including phenoxy) is 2. The first-order valence-electron chi connectivity index (χ1n) is 6.10. The van der Waals surface area contributed by atoms with E-state index in [-0.39, 0.29) is 22.6 Å². The van der Waals surface area contributed by atoms with Gasteiger partial charge in [-0.25, -0.2) is 18.2 Å². The standard InChI is InChI=1S/C11H16N2O5S2/c1-8-6-13(4-3-5-18-8)20(15,16)11-9(10(14)17-2)12-7-19-11/h7-8H,3-6H2,1-2H3. The zero-order valence-corrected chi connectivity index (χ0v) is 12.9. The first kappa shape index (κ1) is 15.4. The zero-order chi connectivity index (χ0) is 14.8. The first-order valence-corrected chi connectivity index (χ1v) is 8.42. The molecular formula is C11H16N2O5S2. The van der Waals surface area contributed by atoms with Gasteiger partial charge < -0.3 is 9.47 Å². The molecule has 1 aromatic rings. The van der Waals surface area contributed by atoms with Crippen molar-refractivity contribution in [2.24, 2.45) is 0 Å². The molecule has 0 N–H and O–H groups in total. The van der Waals surface area contributed by atoms with Crippen LogP contribution in [0.4, 0.5) is 0 Å². The number of carbonyl (C=O) groups is 1. The van der Waals surface area contributed by atoms with E-state index >= 15 is 0 Å². The molecule has 1 fully saturated rings. The lowest BCUT2D eigenvalue weighted by atomic mass is 10.4. The van der Waals surface area contributed by atoms with Crippen LogP contribution in [-0.4, -0.2) is 56.6 Å². The van der Waals surface area contributed by atoms with Gasteiger partial charge in [-0.2, -0.15) is 4.31 Å². The fraction of sp³-hybridized carbons (Fsp3) is 0.636. The molecule has 112 valence electrons. The minimum absolute atomic E-state index is 0.0709. The largest absolute Gasteiger partial charge is 0.464 e. The summed E-state index contributed by atoms with van der Waals surface area (Å²) in [7, 11) is -2.56. The highest BCUT2D eigenvalue weighted by molar-refractivity contribution is 7.91. The lowest BCUT2D eigenvalue weighted by molar-refractivity contribution is 0.0590. The zero-order valence-electron chi connectivity index (χ0n) is 11.2. The number of methoxy groups -OCH3 is 1. The normalized spacial score (nSPS) is 21.4. The van der Waals surface area contributed by atoms with Crippen molar-refractivity contribution < 1.29 is 22.7 Å². The molecule has 0 aliphatic carbocycles. The number of carbonyl (C=O) groups excluding carboxylic acids is 1. The molecule has 20 heavy (non-hydrogen) atoms. The van der Waals surface area contributed by atoms with E-state index < -0.39 is 16.0 Å². The monoisotopic (exact) mass is 320 g/mol. The maximum Gasteiger partial charge on any atom is 0.358 e. The Morgan fingerprint density at radius 1 is 1.60 bits per heavy atom. The molecule has 1 saturated heterocycles. The Bertz CT molecular complexity index is 583. The van der Waals surface area contributed by atoms with E-state index in [4.69, 9.17) is 4.74 Å². The number of hydrogen-bond acceptors (Lipinski definition) is 7. The number of nitrogens with zero attached hydrogens (tertiary/aromatic N) is 2. The van der Waals surface area contributed by atoms with Crippen molar-refractivity contribution in [3.63, 3.8) is 0 Å². The van der Waals surface area contributed by atoms with Crippen molar-refractivity contribution in [1.82, 2.24) is 9.29 Å². The van der Waals surface area contributed by atoms with Crippen molar-refractivity contribution in [3.05, 3.63) is 11.2 Å². The third-order valence-corrected chi connectivity index (χ3v) is 6.11. The second kappa shape index (κ2) is 6.17. The van der Waals surface area contributed by atoms with Crippen LogP contribution in [0.2, 0.25) is 0 Å². The number of aromatic nitrogens is 1. The van der Waals surface area contributed by atoms with E-state index in [9.17, 15) is 13.2 Å². The Hall–Kier alpha value is -1.03. The first-order chi connectivity index (χ1) is 9.46. The van der Waals surface area contributed by atoms with Crippen LogP contribution in [0.3, 0.4) is 0 Å². The molecule has 1 aliphatic heterocycles. The van der Waals surface area contributed by atoms with E-state index in [2.05, 4.69) is 9.72 Å². The van der Waals surface area contributed by atoms with Crippen molar-refractivity contribution in [2.75, 3.05) is 26.8 Å². The summed E-state index contributed by atoms with van der Waals surface area (Å²) in [6.07, 6.45) is 0.442. The summed E-state index contributed by atoms with van der Waals surface area (Å²) in [6, 6.07) is 0. The minimum Gasteiger partial charge on any atom is -0.464 e. The van der Waals surface area contributed by atoms with Gasteiger partial charge in [0.2, 0.25) is 0 Å². The summed E-state index contributed by atoms with van der Waals surface area (Å²) in [5.41, 5.74) is 1.17. The van der Waals surface area contributed by atoms with Crippen LogP contribution in [0.25, 0.3) is 0 Å². The van der Waals surface area contributed by atoms with Crippen LogP contribution in [-0.2, 0) is 19.5 Å².